The van der Waals surface area contributed by atoms with Gasteiger partial charge in [-0.2, -0.15) is 0 Å². The van der Waals surface area contributed by atoms with Gasteiger partial charge in [-0.3, -0.25) is 9.59 Å². The van der Waals surface area contributed by atoms with E-state index in [2.05, 4.69) is 26.0 Å². The number of hydrogen-bond acceptors (Lipinski definition) is 2. The molecule has 92 valence electrons. The lowest BCUT2D eigenvalue weighted by atomic mass is 10.0. The van der Waals surface area contributed by atoms with Gasteiger partial charge < -0.3 is 4.90 Å². The largest absolute Gasteiger partial charge is 0.335 e. The van der Waals surface area contributed by atoms with Crippen LogP contribution in [0, 0.1) is 5.92 Å². The van der Waals surface area contributed by atoms with Crippen molar-refractivity contribution in [3.8, 4) is 0 Å². The van der Waals surface area contributed by atoms with Crippen LogP contribution in [0.25, 0.3) is 0 Å². The number of likely N-dealkylation sites (N-methyl/N-ethyl adjacent to an activating group) is 1. The first-order chi connectivity index (χ1) is 8.02. The lowest BCUT2D eigenvalue weighted by molar-refractivity contribution is -0.138. The molecule has 1 amide bonds. The lowest BCUT2D eigenvalue weighted by Gasteiger charge is -2.14. The third-order valence-corrected chi connectivity index (χ3v) is 2.56. The first kappa shape index (κ1) is 13.4. The maximum absolute atomic E-state index is 11.1. The highest BCUT2D eigenvalue weighted by Gasteiger charge is 2.07. The molecule has 0 atom stereocenters. The summed E-state index contributed by atoms with van der Waals surface area (Å²) in [5, 5.41) is 0. The van der Waals surface area contributed by atoms with Gasteiger partial charge in [0.05, 0.1) is 0 Å². The van der Waals surface area contributed by atoms with Crippen LogP contribution in [0.15, 0.2) is 24.3 Å². The van der Waals surface area contributed by atoms with E-state index in [1.54, 1.807) is 7.05 Å². The average molecular weight is 233 g/mol. The number of rotatable bonds is 5. The molecule has 0 aliphatic rings. The second-order valence-corrected chi connectivity index (χ2v) is 4.73. The highest BCUT2D eigenvalue weighted by molar-refractivity contribution is 6.23. The van der Waals surface area contributed by atoms with Gasteiger partial charge in [0.15, 0.2) is 0 Å². The van der Waals surface area contributed by atoms with Crippen LogP contribution in [-0.4, -0.2) is 24.1 Å². The van der Waals surface area contributed by atoms with Crippen molar-refractivity contribution in [3.63, 3.8) is 0 Å². The molecule has 0 unspecified atom stereocenters. The monoisotopic (exact) mass is 233 g/mol. The van der Waals surface area contributed by atoms with Crippen LogP contribution in [0.3, 0.4) is 0 Å². The van der Waals surface area contributed by atoms with Crippen LogP contribution in [0.4, 0.5) is 0 Å². The zero-order valence-corrected chi connectivity index (χ0v) is 10.6. The summed E-state index contributed by atoms with van der Waals surface area (Å²) in [6.45, 7) is 4.84. The van der Waals surface area contributed by atoms with Crippen LogP contribution >= 0.6 is 0 Å². The van der Waals surface area contributed by atoms with Crippen LogP contribution in [0.5, 0.6) is 0 Å². The molecule has 1 rings (SSSR count). The van der Waals surface area contributed by atoms with E-state index in [1.807, 2.05) is 12.1 Å². The van der Waals surface area contributed by atoms with Gasteiger partial charge in [-0.05, 0) is 23.5 Å². The number of benzene rings is 1. The van der Waals surface area contributed by atoms with E-state index in [4.69, 9.17) is 0 Å². The van der Waals surface area contributed by atoms with Crippen molar-refractivity contribution in [1.29, 1.82) is 0 Å². The molecule has 0 aliphatic heterocycles. The molecule has 3 nitrogen and oxygen atoms in total. The SMILES string of the molecule is CC(C)Cc1ccc(CN(C)C(=O)C=O)cc1. The second kappa shape index (κ2) is 6.18. The van der Waals surface area contributed by atoms with Crippen LogP contribution < -0.4 is 0 Å². The molecule has 0 fully saturated rings. The number of nitrogens with zero attached hydrogens (tertiary/aromatic N) is 1. The fourth-order valence-corrected chi connectivity index (χ4v) is 1.69. The molecule has 0 saturated heterocycles. The van der Waals surface area contributed by atoms with E-state index in [9.17, 15) is 9.59 Å². The van der Waals surface area contributed by atoms with E-state index in [0.717, 1.165) is 12.0 Å². The highest BCUT2D eigenvalue weighted by atomic mass is 16.2. The van der Waals surface area contributed by atoms with Crippen molar-refractivity contribution in [2.24, 2.45) is 5.92 Å². The summed E-state index contributed by atoms with van der Waals surface area (Å²) in [7, 11) is 1.62. The average Bonchev–Trinajstić information content (AvgIpc) is 2.30. The van der Waals surface area contributed by atoms with Crippen molar-refractivity contribution in [3.05, 3.63) is 35.4 Å². The minimum atomic E-state index is -0.490. The van der Waals surface area contributed by atoms with Crippen molar-refractivity contribution in [2.75, 3.05) is 7.05 Å². The third-order valence-electron chi connectivity index (χ3n) is 2.56. The van der Waals surface area contributed by atoms with E-state index in [1.165, 1.54) is 10.5 Å². The number of hydrogen-bond donors (Lipinski definition) is 0. The first-order valence-corrected chi connectivity index (χ1v) is 5.81. The first-order valence-electron chi connectivity index (χ1n) is 5.81. The minimum absolute atomic E-state index is 0.340. The third kappa shape index (κ3) is 4.39. The molecular weight excluding hydrogens is 214 g/mol. The van der Waals surface area contributed by atoms with Crippen molar-refractivity contribution < 1.29 is 9.59 Å². The van der Waals surface area contributed by atoms with Crippen molar-refractivity contribution >= 4 is 12.2 Å². The molecule has 0 saturated carbocycles. The molecule has 17 heavy (non-hydrogen) atoms. The molecule has 0 spiro atoms. The van der Waals surface area contributed by atoms with E-state index >= 15 is 0 Å². The van der Waals surface area contributed by atoms with Gasteiger partial charge in [0, 0.05) is 13.6 Å². The Labute approximate surface area is 102 Å². The summed E-state index contributed by atoms with van der Waals surface area (Å²) >= 11 is 0. The fraction of sp³-hybridized carbons (Fsp3) is 0.429. The summed E-state index contributed by atoms with van der Waals surface area (Å²) in [6.07, 6.45) is 1.40. The molecule has 0 bridgehead atoms. The Morgan fingerprint density at radius 1 is 1.24 bits per heavy atom. The Kier molecular flexibility index (Phi) is 4.88. The van der Waals surface area contributed by atoms with Crippen LogP contribution in [0.1, 0.15) is 25.0 Å². The molecule has 1 aromatic rings. The molecule has 1 aromatic carbocycles. The van der Waals surface area contributed by atoms with Crippen molar-refractivity contribution in [1.82, 2.24) is 4.90 Å². The number of carbonyl (C=O) groups is 2. The molecular formula is C14H19NO2. The second-order valence-electron chi connectivity index (χ2n) is 4.73. The smallest absolute Gasteiger partial charge is 0.286 e. The Balaban J connectivity index is 2.62. The molecule has 3 heteroatoms. The summed E-state index contributed by atoms with van der Waals surface area (Å²) in [5.74, 6) is 0.149. The van der Waals surface area contributed by atoms with Gasteiger partial charge in [0.1, 0.15) is 0 Å². The van der Waals surface area contributed by atoms with E-state index < -0.39 is 5.91 Å². The summed E-state index contributed by atoms with van der Waals surface area (Å²) < 4.78 is 0. The number of aldehydes is 1. The zero-order valence-electron chi connectivity index (χ0n) is 10.6. The number of amides is 1. The van der Waals surface area contributed by atoms with Crippen LogP contribution in [-0.2, 0) is 22.6 Å². The maximum Gasteiger partial charge on any atom is 0.286 e. The Morgan fingerprint density at radius 3 is 2.24 bits per heavy atom. The minimum Gasteiger partial charge on any atom is -0.335 e. The van der Waals surface area contributed by atoms with Gasteiger partial charge in [0.25, 0.3) is 5.91 Å². The fourth-order valence-electron chi connectivity index (χ4n) is 1.69. The summed E-state index contributed by atoms with van der Waals surface area (Å²) in [6, 6.07) is 8.17. The van der Waals surface area contributed by atoms with Crippen LogP contribution in [0.2, 0.25) is 0 Å². The quantitative estimate of drug-likeness (QED) is 0.576. The molecule has 0 aliphatic carbocycles. The molecule has 0 N–H and O–H groups in total. The van der Waals surface area contributed by atoms with Crippen molar-refractivity contribution in [2.45, 2.75) is 26.8 Å². The molecule has 0 aromatic heterocycles. The summed E-state index contributed by atoms with van der Waals surface area (Å²) in [4.78, 5) is 22.8. The Hall–Kier alpha value is -1.64. The highest BCUT2D eigenvalue weighted by Crippen LogP contribution is 2.10. The Morgan fingerprint density at radius 2 is 1.76 bits per heavy atom. The van der Waals surface area contributed by atoms with Gasteiger partial charge in [-0.15, -0.1) is 0 Å². The molecule has 0 heterocycles. The molecule has 0 radical (unpaired) electrons. The Bertz CT molecular complexity index is 382. The zero-order chi connectivity index (χ0) is 12.8. The van der Waals surface area contributed by atoms with Gasteiger partial charge >= 0.3 is 0 Å². The predicted octanol–water partition coefficient (Wildman–Crippen LogP) is 2.04. The van der Waals surface area contributed by atoms with E-state index in [-0.39, 0.29) is 0 Å². The predicted molar refractivity (Wildman–Crippen MR) is 67.5 cm³/mol. The van der Waals surface area contributed by atoms with Gasteiger partial charge in [-0.1, -0.05) is 38.1 Å². The lowest BCUT2D eigenvalue weighted by Crippen LogP contribution is -2.26. The normalized spacial score (nSPS) is 10.4. The van der Waals surface area contributed by atoms with Gasteiger partial charge in [0.2, 0.25) is 6.29 Å². The number of carbonyl (C=O) groups excluding carboxylic acids is 2. The standard InChI is InChI=1S/C14H19NO2/c1-11(2)8-12-4-6-13(7-5-12)9-15(3)14(17)10-16/h4-7,10-11H,8-9H2,1-3H3. The topological polar surface area (TPSA) is 37.4 Å². The van der Waals surface area contributed by atoms with Gasteiger partial charge in [-0.25, -0.2) is 0 Å². The summed E-state index contributed by atoms with van der Waals surface area (Å²) in [5.41, 5.74) is 2.34. The van der Waals surface area contributed by atoms with E-state index in [0.29, 0.717) is 18.7 Å². The maximum atomic E-state index is 11.1.